The van der Waals surface area contributed by atoms with Gasteiger partial charge >= 0.3 is 0 Å². The molecule has 110 valence electrons. The number of amides is 2. The van der Waals surface area contributed by atoms with Gasteiger partial charge in [0, 0.05) is 12.6 Å². The molecule has 2 amide bonds. The monoisotopic (exact) mass is 280 g/mol. The van der Waals surface area contributed by atoms with E-state index in [1.807, 2.05) is 31.3 Å². The van der Waals surface area contributed by atoms with E-state index in [9.17, 15) is 9.59 Å². The molecule has 0 saturated carbocycles. The fraction of sp³-hybridized carbons (Fsp3) is 0.429. The van der Waals surface area contributed by atoms with E-state index in [-0.39, 0.29) is 18.4 Å². The van der Waals surface area contributed by atoms with E-state index in [0.717, 1.165) is 22.8 Å². The van der Waals surface area contributed by atoms with E-state index in [1.54, 1.807) is 7.11 Å². The molecular formula is C14H22N3O3+. The molecule has 3 N–H and O–H groups in total. The lowest BCUT2D eigenvalue weighted by molar-refractivity contribution is -0.885. The van der Waals surface area contributed by atoms with Crippen LogP contribution < -0.4 is 20.3 Å². The van der Waals surface area contributed by atoms with Crippen molar-refractivity contribution in [2.45, 2.75) is 6.54 Å². The van der Waals surface area contributed by atoms with Gasteiger partial charge in [-0.25, -0.2) is 0 Å². The largest absolute Gasteiger partial charge is 0.497 e. The van der Waals surface area contributed by atoms with Gasteiger partial charge in [-0.2, -0.15) is 0 Å². The van der Waals surface area contributed by atoms with E-state index in [4.69, 9.17) is 4.74 Å². The highest BCUT2D eigenvalue weighted by atomic mass is 16.5. The van der Waals surface area contributed by atoms with Crippen LogP contribution in [0.25, 0.3) is 0 Å². The van der Waals surface area contributed by atoms with Crippen LogP contribution in [0.3, 0.4) is 0 Å². The summed E-state index contributed by atoms with van der Waals surface area (Å²) >= 11 is 0. The van der Waals surface area contributed by atoms with Crippen molar-refractivity contribution in [3.63, 3.8) is 0 Å². The zero-order valence-electron chi connectivity index (χ0n) is 12.2. The Morgan fingerprint density at radius 3 is 2.40 bits per heavy atom. The third kappa shape index (κ3) is 5.71. The summed E-state index contributed by atoms with van der Waals surface area (Å²) in [4.78, 5) is 23.7. The van der Waals surface area contributed by atoms with Crippen molar-refractivity contribution in [3.8, 4) is 5.75 Å². The molecule has 0 aliphatic rings. The number of likely N-dealkylation sites (N-methyl/N-ethyl adjacent to an activating group) is 2. The van der Waals surface area contributed by atoms with E-state index in [1.165, 1.54) is 7.05 Å². The van der Waals surface area contributed by atoms with Crippen molar-refractivity contribution in [1.82, 2.24) is 10.6 Å². The number of carbonyl (C=O) groups is 2. The van der Waals surface area contributed by atoms with Crippen molar-refractivity contribution in [1.29, 1.82) is 0 Å². The molecule has 6 heteroatoms. The fourth-order valence-electron chi connectivity index (χ4n) is 1.76. The second-order valence-electron chi connectivity index (χ2n) is 4.61. The minimum absolute atomic E-state index is 0.0190. The Labute approximate surface area is 119 Å². The third-order valence-corrected chi connectivity index (χ3v) is 2.85. The lowest BCUT2D eigenvalue weighted by Gasteiger charge is -2.14. The lowest BCUT2D eigenvalue weighted by Crippen LogP contribution is -3.08. The first-order valence-corrected chi connectivity index (χ1v) is 6.46. The van der Waals surface area contributed by atoms with Crippen LogP contribution in [-0.4, -0.2) is 46.1 Å². The van der Waals surface area contributed by atoms with Gasteiger partial charge in [0.05, 0.1) is 20.7 Å². The van der Waals surface area contributed by atoms with Crippen LogP contribution in [0.1, 0.15) is 5.56 Å². The Morgan fingerprint density at radius 2 is 1.85 bits per heavy atom. The summed E-state index contributed by atoms with van der Waals surface area (Å²) in [5.41, 5.74) is 1.13. The predicted molar refractivity (Wildman–Crippen MR) is 75.5 cm³/mol. The maximum atomic E-state index is 11.6. The molecule has 0 radical (unpaired) electrons. The Bertz CT molecular complexity index is 445. The Kier molecular flexibility index (Phi) is 6.52. The van der Waals surface area contributed by atoms with Crippen LogP contribution >= 0.6 is 0 Å². The Balaban J connectivity index is 2.36. The number of ether oxygens (including phenoxy) is 1. The summed E-state index contributed by atoms with van der Waals surface area (Å²) in [6.45, 7) is 1.07. The number of quaternary nitrogens is 1. The van der Waals surface area contributed by atoms with Crippen molar-refractivity contribution < 1.29 is 19.2 Å². The van der Waals surface area contributed by atoms with Gasteiger partial charge < -0.3 is 20.3 Å². The second-order valence-corrected chi connectivity index (χ2v) is 4.61. The van der Waals surface area contributed by atoms with E-state index >= 15 is 0 Å². The number of hydrogen-bond donors (Lipinski definition) is 3. The zero-order chi connectivity index (χ0) is 15.0. The number of nitrogens with one attached hydrogen (secondary N) is 3. The molecular weight excluding hydrogens is 258 g/mol. The van der Waals surface area contributed by atoms with E-state index in [0.29, 0.717) is 6.54 Å². The second kappa shape index (κ2) is 8.16. The van der Waals surface area contributed by atoms with Crippen LogP contribution in [-0.2, 0) is 16.1 Å². The Morgan fingerprint density at radius 1 is 1.20 bits per heavy atom. The molecule has 0 saturated heterocycles. The predicted octanol–water partition coefficient (Wildman–Crippen LogP) is -1.43. The smallest absolute Gasteiger partial charge is 0.275 e. The molecule has 0 fully saturated rings. The first-order chi connectivity index (χ1) is 9.55. The highest BCUT2D eigenvalue weighted by Crippen LogP contribution is 2.10. The van der Waals surface area contributed by atoms with Gasteiger partial charge in [-0.1, -0.05) is 0 Å². The van der Waals surface area contributed by atoms with Crippen molar-refractivity contribution in [3.05, 3.63) is 29.8 Å². The van der Waals surface area contributed by atoms with E-state index < -0.39 is 0 Å². The average Bonchev–Trinajstić information content (AvgIpc) is 2.45. The highest BCUT2D eigenvalue weighted by Gasteiger charge is 2.11. The third-order valence-electron chi connectivity index (χ3n) is 2.85. The molecule has 1 atom stereocenters. The summed E-state index contributed by atoms with van der Waals surface area (Å²) in [5, 5.41) is 5.03. The van der Waals surface area contributed by atoms with Gasteiger partial charge in [0.1, 0.15) is 12.3 Å². The first kappa shape index (κ1) is 16.0. The molecule has 0 aliphatic carbocycles. The number of benzene rings is 1. The summed E-state index contributed by atoms with van der Waals surface area (Å²) < 4.78 is 5.09. The maximum Gasteiger partial charge on any atom is 0.275 e. The fourth-order valence-corrected chi connectivity index (χ4v) is 1.76. The minimum Gasteiger partial charge on any atom is -0.497 e. The van der Waals surface area contributed by atoms with Crippen molar-refractivity contribution in [2.24, 2.45) is 0 Å². The molecule has 20 heavy (non-hydrogen) atoms. The summed E-state index contributed by atoms with van der Waals surface area (Å²) in [6.07, 6.45) is 0. The topological polar surface area (TPSA) is 71.9 Å². The van der Waals surface area contributed by atoms with Gasteiger partial charge in [0.15, 0.2) is 6.54 Å². The number of methoxy groups -OCH3 is 1. The molecule has 0 aliphatic heterocycles. The standard InChI is InChI=1S/C14H21N3O3/c1-15-13(18)8-16-14(19)10-17(2)9-11-4-6-12(20-3)7-5-11/h4-7H,8-10H2,1-3H3,(H,15,18)(H,16,19)/p+1. The molecule has 0 aromatic heterocycles. The minimum atomic E-state index is -0.203. The van der Waals surface area contributed by atoms with Crippen LogP contribution in [0.2, 0.25) is 0 Å². The van der Waals surface area contributed by atoms with Crippen LogP contribution in [0.4, 0.5) is 0 Å². The lowest BCUT2D eigenvalue weighted by atomic mass is 10.2. The SMILES string of the molecule is CNC(=O)CNC(=O)C[NH+](C)Cc1ccc(OC)cc1. The molecule has 1 aromatic carbocycles. The van der Waals surface area contributed by atoms with Crippen LogP contribution in [0.5, 0.6) is 5.75 Å². The van der Waals surface area contributed by atoms with Crippen LogP contribution in [0.15, 0.2) is 24.3 Å². The van der Waals surface area contributed by atoms with E-state index in [2.05, 4.69) is 10.6 Å². The number of rotatable bonds is 7. The van der Waals surface area contributed by atoms with Gasteiger partial charge in [-0.05, 0) is 24.3 Å². The zero-order valence-corrected chi connectivity index (χ0v) is 12.2. The molecule has 0 spiro atoms. The molecule has 0 heterocycles. The summed E-state index contributed by atoms with van der Waals surface area (Å²) in [5.74, 6) is 0.473. The number of carbonyl (C=O) groups excluding carboxylic acids is 2. The van der Waals surface area contributed by atoms with Crippen molar-refractivity contribution >= 4 is 11.8 Å². The number of hydrogen-bond acceptors (Lipinski definition) is 3. The molecule has 1 unspecified atom stereocenters. The van der Waals surface area contributed by atoms with Crippen LogP contribution in [0, 0.1) is 0 Å². The first-order valence-electron chi connectivity index (χ1n) is 6.46. The molecule has 1 rings (SSSR count). The highest BCUT2D eigenvalue weighted by molar-refractivity contribution is 5.84. The normalized spacial score (nSPS) is 11.6. The van der Waals surface area contributed by atoms with Crippen molar-refractivity contribution in [2.75, 3.05) is 34.3 Å². The molecule has 0 bridgehead atoms. The molecule has 6 nitrogen and oxygen atoms in total. The Hall–Kier alpha value is -2.08. The summed E-state index contributed by atoms with van der Waals surface area (Å²) in [7, 11) is 5.10. The summed E-state index contributed by atoms with van der Waals surface area (Å²) in [6, 6.07) is 7.75. The van der Waals surface area contributed by atoms with Gasteiger partial charge in [-0.15, -0.1) is 0 Å². The maximum absolute atomic E-state index is 11.6. The molecule has 1 aromatic rings. The van der Waals surface area contributed by atoms with Gasteiger partial charge in [0.2, 0.25) is 5.91 Å². The quantitative estimate of drug-likeness (QED) is 0.573. The average molecular weight is 280 g/mol. The van der Waals surface area contributed by atoms with Gasteiger partial charge in [-0.3, -0.25) is 9.59 Å². The van der Waals surface area contributed by atoms with Gasteiger partial charge in [0.25, 0.3) is 5.91 Å².